The third kappa shape index (κ3) is 4.34. The van der Waals surface area contributed by atoms with Crippen molar-refractivity contribution in [2.75, 3.05) is 6.54 Å². The summed E-state index contributed by atoms with van der Waals surface area (Å²) in [4.78, 5) is 12.3. The van der Waals surface area contributed by atoms with Gasteiger partial charge in [-0.2, -0.15) is 5.10 Å². The van der Waals surface area contributed by atoms with Crippen molar-refractivity contribution in [3.63, 3.8) is 0 Å². The molecule has 0 atom stereocenters. The van der Waals surface area contributed by atoms with E-state index in [1.54, 1.807) is 41.2 Å². The Labute approximate surface area is 160 Å². The molecule has 0 aliphatic heterocycles. The van der Waals surface area contributed by atoms with Gasteiger partial charge in [-0.05, 0) is 48.4 Å². The molecule has 0 aliphatic rings. The molecule has 25 heavy (non-hydrogen) atoms. The predicted molar refractivity (Wildman–Crippen MR) is 101 cm³/mol. The number of amides is 1. The van der Waals surface area contributed by atoms with E-state index in [-0.39, 0.29) is 5.91 Å². The Morgan fingerprint density at radius 1 is 1.04 bits per heavy atom. The van der Waals surface area contributed by atoms with Crippen LogP contribution in [0.15, 0.2) is 54.9 Å². The van der Waals surface area contributed by atoms with Crippen LogP contribution in [-0.2, 0) is 6.42 Å². The van der Waals surface area contributed by atoms with Gasteiger partial charge in [0.2, 0.25) is 0 Å². The quantitative estimate of drug-likeness (QED) is 0.675. The molecule has 3 rings (SSSR count). The Bertz CT molecular complexity index is 871. The Balaban J connectivity index is 1.61. The average Bonchev–Trinajstić information content (AvgIpc) is 3.08. The van der Waals surface area contributed by atoms with E-state index < -0.39 is 0 Å². The molecule has 1 amide bonds. The summed E-state index contributed by atoms with van der Waals surface area (Å²) in [7, 11) is 0. The van der Waals surface area contributed by atoms with E-state index in [2.05, 4.69) is 10.4 Å². The van der Waals surface area contributed by atoms with E-state index in [0.29, 0.717) is 33.6 Å². The smallest absolute Gasteiger partial charge is 0.254 e. The minimum Gasteiger partial charge on any atom is -0.352 e. The summed E-state index contributed by atoms with van der Waals surface area (Å²) in [5.41, 5.74) is 2.12. The Morgan fingerprint density at radius 3 is 2.40 bits per heavy atom. The summed E-state index contributed by atoms with van der Waals surface area (Å²) >= 11 is 18.1. The zero-order chi connectivity index (χ0) is 17.8. The van der Waals surface area contributed by atoms with E-state index in [9.17, 15) is 4.79 Å². The van der Waals surface area contributed by atoms with Crippen LogP contribution in [0.25, 0.3) is 5.69 Å². The first-order valence-corrected chi connectivity index (χ1v) is 8.69. The molecule has 4 nitrogen and oxygen atoms in total. The van der Waals surface area contributed by atoms with Crippen molar-refractivity contribution in [3.05, 3.63) is 81.1 Å². The number of hydrogen-bond acceptors (Lipinski definition) is 2. The molecule has 0 saturated heterocycles. The highest BCUT2D eigenvalue weighted by molar-refractivity contribution is 6.36. The first-order chi connectivity index (χ1) is 12.0. The molecule has 1 aromatic heterocycles. The molecule has 128 valence electrons. The van der Waals surface area contributed by atoms with Crippen LogP contribution in [0.5, 0.6) is 0 Å². The maximum absolute atomic E-state index is 12.3. The van der Waals surface area contributed by atoms with Gasteiger partial charge < -0.3 is 5.32 Å². The summed E-state index contributed by atoms with van der Waals surface area (Å²) in [5, 5.41) is 8.88. The second-order valence-corrected chi connectivity index (χ2v) is 6.61. The monoisotopic (exact) mass is 393 g/mol. The second-order valence-electron chi connectivity index (χ2n) is 5.36. The second kappa shape index (κ2) is 7.91. The van der Waals surface area contributed by atoms with Gasteiger partial charge >= 0.3 is 0 Å². The molecule has 2 aromatic carbocycles. The normalized spacial score (nSPS) is 10.7. The topological polar surface area (TPSA) is 46.9 Å². The van der Waals surface area contributed by atoms with E-state index >= 15 is 0 Å². The lowest BCUT2D eigenvalue weighted by molar-refractivity contribution is 0.0954. The van der Waals surface area contributed by atoms with Gasteiger partial charge in [0, 0.05) is 27.8 Å². The van der Waals surface area contributed by atoms with Crippen molar-refractivity contribution >= 4 is 40.7 Å². The molecular formula is C18H14Cl3N3O. The van der Waals surface area contributed by atoms with Crippen molar-refractivity contribution in [1.82, 2.24) is 15.1 Å². The van der Waals surface area contributed by atoms with Gasteiger partial charge in [0.05, 0.1) is 17.4 Å². The fraction of sp³-hybridized carbons (Fsp3) is 0.111. The van der Waals surface area contributed by atoms with Gasteiger partial charge in [0.25, 0.3) is 5.91 Å². The number of hydrogen-bond donors (Lipinski definition) is 1. The standard InChI is InChI=1S/C18H14Cl3N3O/c19-13-4-6-14(7-5-13)24-11-12(10-23-24)18(25)22-9-8-15-16(20)2-1-3-17(15)21/h1-7,10-11H,8-9H2,(H,22,25). The number of halogens is 3. The van der Waals surface area contributed by atoms with E-state index in [0.717, 1.165) is 11.3 Å². The van der Waals surface area contributed by atoms with Crippen LogP contribution in [-0.4, -0.2) is 22.2 Å². The number of carbonyl (C=O) groups excluding carboxylic acids is 1. The van der Waals surface area contributed by atoms with Crippen LogP contribution in [0.4, 0.5) is 0 Å². The Morgan fingerprint density at radius 2 is 1.72 bits per heavy atom. The summed E-state index contributed by atoms with van der Waals surface area (Å²) < 4.78 is 1.62. The molecule has 0 saturated carbocycles. The molecule has 0 bridgehead atoms. The van der Waals surface area contributed by atoms with E-state index in [1.165, 1.54) is 6.20 Å². The first-order valence-electron chi connectivity index (χ1n) is 7.56. The van der Waals surface area contributed by atoms with Gasteiger partial charge in [-0.1, -0.05) is 40.9 Å². The maximum Gasteiger partial charge on any atom is 0.254 e. The maximum atomic E-state index is 12.3. The lowest BCUT2D eigenvalue weighted by atomic mass is 10.1. The summed E-state index contributed by atoms with van der Waals surface area (Å²) in [6, 6.07) is 12.5. The van der Waals surface area contributed by atoms with Gasteiger partial charge in [-0.15, -0.1) is 0 Å². The molecule has 0 unspecified atom stereocenters. The molecule has 0 radical (unpaired) electrons. The largest absolute Gasteiger partial charge is 0.352 e. The molecule has 1 N–H and O–H groups in total. The summed E-state index contributed by atoms with van der Waals surface area (Å²) in [5.74, 6) is -0.205. The zero-order valence-corrected chi connectivity index (χ0v) is 15.3. The van der Waals surface area contributed by atoms with Gasteiger partial charge in [0.1, 0.15) is 0 Å². The third-order valence-electron chi connectivity index (χ3n) is 3.66. The van der Waals surface area contributed by atoms with E-state index in [1.807, 2.05) is 12.1 Å². The van der Waals surface area contributed by atoms with Crippen LogP contribution in [0.1, 0.15) is 15.9 Å². The number of nitrogens with one attached hydrogen (secondary N) is 1. The number of aromatic nitrogens is 2. The third-order valence-corrected chi connectivity index (χ3v) is 4.62. The van der Waals surface area contributed by atoms with Crippen molar-refractivity contribution in [3.8, 4) is 5.69 Å². The Kier molecular flexibility index (Phi) is 5.63. The molecule has 0 spiro atoms. The predicted octanol–water partition coefficient (Wildman–Crippen LogP) is 4.81. The highest BCUT2D eigenvalue weighted by Crippen LogP contribution is 2.24. The van der Waals surface area contributed by atoms with Crippen molar-refractivity contribution in [2.45, 2.75) is 6.42 Å². The number of carbonyl (C=O) groups is 1. The molecule has 7 heteroatoms. The molecule has 3 aromatic rings. The summed E-state index contributed by atoms with van der Waals surface area (Å²) in [6.45, 7) is 0.425. The van der Waals surface area contributed by atoms with Crippen molar-refractivity contribution in [1.29, 1.82) is 0 Å². The van der Waals surface area contributed by atoms with E-state index in [4.69, 9.17) is 34.8 Å². The fourth-order valence-electron chi connectivity index (χ4n) is 2.35. The van der Waals surface area contributed by atoms with Gasteiger partial charge in [-0.3, -0.25) is 4.79 Å². The van der Waals surface area contributed by atoms with Crippen LogP contribution in [0.3, 0.4) is 0 Å². The SMILES string of the molecule is O=C(NCCc1c(Cl)cccc1Cl)c1cnn(-c2ccc(Cl)cc2)c1. The molecule has 1 heterocycles. The van der Waals surface area contributed by atoms with Crippen LogP contribution >= 0.6 is 34.8 Å². The van der Waals surface area contributed by atoms with Crippen LogP contribution < -0.4 is 5.32 Å². The zero-order valence-electron chi connectivity index (χ0n) is 13.0. The first kappa shape index (κ1) is 17.8. The molecule has 0 fully saturated rings. The highest BCUT2D eigenvalue weighted by atomic mass is 35.5. The minimum atomic E-state index is -0.205. The van der Waals surface area contributed by atoms with Gasteiger partial charge in [-0.25, -0.2) is 4.68 Å². The summed E-state index contributed by atoms with van der Waals surface area (Å²) in [6.07, 6.45) is 3.74. The highest BCUT2D eigenvalue weighted by Gasteiger charge is 2.10. The van der Waals surface area contributed by atoms with Crippen LogP contribution in [0, 0.1) is 0 Å². The lowest BCUT2D eigenvalue weighted by Crippen LogP contribution is -2.25. The number of benzene rings is 2. The lowest BCUT2D eigenvalue weighted by Gasteiger charge is -2.07. The average molecular weight is 395 g/mol. The number of nitrogens with zero attached hydrogens (tertiary/aromatic N) is 2. The molecular weight excluding hydrogens is 381 g/mol. The minimum absolute atomic E-state index is 0.205. The Hall–Kier alpha value is -2.01. The van der Waals surface area contributed by atoms with Crippen molar-refractivity contribution < 1.29 is 4.79 Å². The van der Waals surface area contributed by atoms with Crippen LogP contribution in [0.2, 0.25) is 15.1 Å². The molecule has 0 aliphatic carbocycles. The number of rotatable bonds is 5. The van der Waals surface area contributed by atoms with Gasteiger partial charge in [0.15, 0.2) is 0 Å². The van der Waals surface area contributed by atoms with Crippen molar-refractivity contribution in [2.24, 2.45) is 0 Å². The fourth-order valence-corrected chi connectivity index (χ4v) is 3.06.